The minimum Gasteiger partial charge on any atom is -0.431 e. The van der Waals surface area contributed by atoms with E-state index in [1.807, 2.05) is 6.08 Å². The molecule has 0 aliphatic heterocycles. The maximum atomic E-state index is 14.0. The first-order valence-electron chi connectivity index (χ1n) is 9.12. The van der Waals surface area contributed by atoms with Crippen molar-refractivity contribution in [1.82, 2.24) is 0 Å². The first kappa shape index (κ1) is 20.7. The van der Waals surface area contributed by atoms with Crippen LogP contribution in [0.1, 0.15) is 51.0 Å². The third-order valence-corrected chi connectivity index (χ3v) is 4.80. The molecule has 0 atom stereocenters. The van der Waals surface area contributed by atoms with E-state index >= 15 is 0 Å². The van der Waals surface area contributed by atoms with Crippen molar-refractivity contribution < 1.29 is 27.0 Å². The van der Waals surface area contributed by atoms with Gasteiger partial charge in [-0.05, 0) is 50.9 Å². The van der Waals surface area contributed by atoms with Crippen LogP contribution < -0.4 is 4.74 Å². The summed E-state index contributed by atoms with van der Waals surface area (Å²) in [5, 5.41) is 0. The van der Waals surface area contributed by atoms with E-state index in [0.717, 1.165) is 50.7 Å². The molecule has 146 valence electrons. The molecule has 2 rings (SSSR count). The van der Waals surface area contributed by atoms with Crippen molar-refractivity contribution in [1.29, 1.82) is 0 Å². The summed E-state index contributed by atoms with van der Waals surface area (Å²) in [5.41, 5.74) is -0.148. The van der Waals surface area contributed by atoms with Crippen LogP contribution in [0.4, 0.5) is 17.6 Å². The Hall–Kier alpha value is -1.56. The van der Waals surface area contributed by atoms with Gasteiger partial charge in [0, 0.05) is 17.7 Å². The second-order valence-corrected chi connectivity index (χ2v) is 6.78. The van der Waals surface area contributed by atoms with Crippen molar-refractivity contribution in [3.63, 3.8) is 0 Å². The van der Waals surface area contributed by atoms with Gasteiger partial charge in [-0.2, -0.15) is 8.78 Å². The molecule has 0 heterocycles. The first-order chi connectivity index (χ1) is 12.3. The minimum absolute atomic E-state index is 0.132. The molecule has 1 aliphatic rings. The van der Waals surface area contributed by atoms with Gasteiger partial charge in [0.15, 0.2) is 6.61 Å². The number of halogens is 4. The Morgan fingerprint density at radius 3 is 2.31 bits per heavy atom. The van der Waals surface area contributed by atoms with Crippen LogP contribution in [0.15, 0.2) is 24.8 Å². The van der Waals surface area contributed by atoms with Gasteiger partial charge >= 0.3 is 6.11 Å². The molecule has 0 amide bonds. The van der Waals surface area contributed by atoms with Crippen LogP contribution in [0.5, 0.6) is 5.75 Å². The van der Waals surface area contributed by atoms with Gasteiger partial charge in [0.25, 0.3) is 0 Å². The molecule has 1 fully saturated rings. The topological polar surface area (TPSA) is 18.5 Å². The van der Waals surface area contributed by atoms with Gasteiger partial charge in [-0.15, -0.1) is 6.58 Å². The lowest BCUT2D eigenvalue weighted by Gasteiger charge is -2.29. The first-order valence-corrected chi connectivity index (χ1v) is 9.12. The third-order valence-electron chi connectivity index (χ3n) is 4.80. The Labute approximate surface area is 152 Å². The molecule has 0 N–H and O–H groups in total. The fraction of sp³-hybridized carbons (Fsp3) is 0.600. The number of hydrogen-bond donors (Lipinski definition) is 0. The molecule has 1 saturated carbocycles. The summed E-state index contributed by atoms with van der Waals surface area (Å²) in [5.74, 6) is -1.74. The summed E-state index contributed by atoms with van der Waals surface area (Å²) in [6.07, 6.45) is 3.52. The largest absolute Gasteiger partial charge is 0.431 e. The SMILES string of the molecule is C=CCCC1CCC(OCC(F)(F)Oc2cc(F)c(CC)c(F)c2)CC1. The van der Waals surface area contributed by atoms with Crippen molar-refractivity contribution in [2.75, 3.05) is 6.61 Å². The zero-order valence-electron chi connectivity index (χ0n) is 15.1. The highest BCUT2D eigenvalue weighted by atomic mass is 19.3. The zero-order chi connectivity index (χ0) is 19.2. The van der Waals surface area contributed by atoms with E-state index < -0.39 is 30.1 Å². The van der Waals surface area contributed by atoms with Gasteiger partial charge in [0.1, 0.15) is 17.4 Å². The Morgan fingerprint density at radius 2 is 1.77 bits per heavy atom. The molecule has 26 heavy (non-hydrogen) atoms. The van der Waals surface area contributed by atoms with Crippen LogP contribution in [0.2, 0.25) is 0 Å². The number of hydrogen-bond acceptors (Lipinski definition) is 2. The van der Waals surface area contributed by atoms with Crippen molar-refractivity contribution in [3.05, 3.63) is 42.0 Å². The average molecular weight is 374 g/mol. The number of benzene rings is 1. The summed E-state index contributed by atoms with van der Waals surface area (Å²) in [7, 11) is 0. The van der Waals surface area contributed by atoms with E-state index in [-0.39, 0.29) is 18.1 Å². The summed E-state index contributed by atoms with van der Waals surface area (Å²) < 4.78 is 65.0. The van der Waals surface area contributed by atoms with E-state index in [1.165, 1.54) is 0 Å². The van der Waals surface area contributed by atoms with Crippen LogP contribution in [-0.2, 0) is 11.2 Å². The van der Waals surface area contributed by atoms with E-state index in [1.54, 1.807) is 6.92 Å². The molecular weight excluding hydrogens is 348 g/mol. The quantitative estimate of drug-likeness (QED) is 0.387. The highest BCUT2D eigenvalue weighted by Gasteiger charge is 2.34. The van der Waals surface area contributed by atoms with Gasteiger partial charge in [-0.1, -0.05) is 13.0 Å². The van der Waals surface area contributed by atoms with E-state index in [4.69, 9.17) is 4.74 Å². The standard InChI is InChI=1S/C20H26F4O2/c1-3-5-6-14-7-9-15(10-8-14)25-13-20(23,24)26-16-11-18(21)17(4-2)19(22)12-16/h3,11-12,14-15H,1,4-10,13H2,2H3. The normalized spacial score (nSPS) is 20.8. The van der Waals surface area contributed by atoms with Gasteiger partial charge < -0.3 is 9.47 Å². The molecule has 0 bridgehead atoms. The Bertz CT molecular complexity index is 572. The van der Waals surface area contributed by atoms with Crippen LogP contribution in [0.25, 0.3) is 0 Å². The molecule has 1 aromatic carbocycles. The fourth-order valence-corrected chi connectivity index (χ4v) is 3.33. The molecule has 0 saturated heterocycles. The predicted molar refractivity (Wildman–Crippen MR) is 92.4 cm³/mol. The number of rotatable bonds is 9. The van der Waals surface area contributed by atoms with Crippen molar-refractivity contribution in [3.8, 4) is 5.75 Å². The summed E-state index contributed by atoms with van der Waals surface area (Å²) in [4.78, 5) is 0. The Morgan fingerprint density at radius 1 is 1.15 bits per heavy atom. The molecule has 0 spiro atoms. The lowest BCUT2D eigenvalue weighted by molar-refractivity contribution is -0.222. The maximum Gasteiger partial charge on any atom is 0.421 e. The summed E-state index contributed by atoms with van der Waals surface area (Å²) >= 11 is 0. The Kier molecular flexibility index (Phi) is 7.50. The lowest BCUT2D eigenvalue weighted by atomic mass is 9.84. The monoisotopic (exact) mass is 374 g/mol. The van der Waals surface area contributed by atoms with Crippen molar-refractivity contribution in [2.45, 2.75) is 64.1 Å². The molecule has 1 aromatic rings. The third kappa shape index (κ3) is 6.01. The van der Waals surface area contributed by atoms with E-state index in [9.17, 15) is 17.6 Å². The highest BCUT2D eigenvalue weighted by Crippen LogP contribution is 2.31. The van der Waals surface area contributed by atoms with Crippen LogP contribution in [0, 0.1) is 17.6 Å². The van der Waals surface area contributed by atoms with Crippen LogP contribution in [-0.4, -0.2) is 18.8 Å². The second-order valence-electron chi connectivity index (χ2n) is 6.78. The minimum atomic E-state index is -3.65. The second kappa shape index (κ2) is 9.40. The smallest absolute Gasteiger partial charge is 0.421 e. The molecule has 6 heteroatoms. The number of ether oxygens (including phenoxy) is 2. The fourth-order valence-electron chi connectivity index (χ4n) is 3.33. The van der Waals surface area contributed by atoms with Gasteiger partial charge in [-0.3, -0.25) is 0 Å². The summed E-state index contributed by atoms with van der Waals surface area (Å²) in [6, 6.07) is 1.56. The van der Waals surface area contributed by atoms with Crippen molar-refractivity contribution in [2.24, 2.45) is 5.92 Å². The Balaban J connectivity index is 1.83. The molecule has 1 aliphatic carbocycles. The predicted octanol–water partition coefficient (Wildman–Crippen LogP) is 6.04. The highest BCUT2D eigenvalue weighted by molar-refractivity contribution is 5.30. The molecule has 0 unspecified atom stereocenters. The van der Waals surface area contributed by atoms with E-state index in [2.05, 4.69) is 11.3 Å². The van der Waals surface area contributed by atoms with Gasteiger partial charge in [0.2, 0.25) is 0 Å². The molecule has 0 radical (unpaired) electrons. The average Bonchev–Trinajstić information content (AvgIpc) is 2.58. The molecule has 0 aromatic heterocycles. The molecular formula is C20H26F4O2. The van der Waals surface area contributed by atoms with E-state index in [0.29, 0.717) is 5.92 Å². The number of allylic oxidation sites excluding steroid dienone is 1. The van der Waals surface area contributed by atoms with Crippen molar-refractivity contribution >= 4 is 0 Å². The van der Waals surface area contributed by atoms with Crippen LogP contribution >= 0.6 is 0 Å². The molecule has 2 nitrogen and oxygen atoms in total. The summed E-state index contributed by atoms with van der Waals surface area (Å²) in [6.45, 7) is 4.35. The van der Waals surface area contributed by atoms with Crippen LogP contribution in [0.3, 0.4) is 0 Å². The number of alkyl halides is 2. The van der Waals surface area contributed by atoms with Gasteiger partial charge in [0.05, 0.1) is 6.10 Å². The lowest BCUT2D eigenvalue weighted by Crippen LogP contribution is -2.34. The zero-order valence-corrected chi connectivity index (χ0v) is 15.1. The van der Waals surface area contributed by atoms with Gasteiger partial charge in [-0.25, -0.2) is 8.78 Å². The maximum absolute atomic E-state index is 14.0.